The first-order chi connectivity index (χ1) is 8.91. The molecule has 0 aliphatic carbocycles. The van der Waals surface area contributed by atoms with Crippen molar-refractivity contribution in [2.75, 3.05) is 0 Å². The van der Waals surface area contributed by atoms with Crippen LogP contribution in [0.25, 0.3) is 0 Å². The Kier molecular flexibility index (Phi) is 4.07. The summed E-state index contributed by atoms with van der Waals surface area (Å²) < 4.78 is 14.2. The lowest BCUT2D eigenvalue weighted by Crippen LogP contribution is -2.07. The van der Waals surface area contributed by atoms with Gasteiger partial charge in [-0.15, -0.1) is 0 Å². The van der Waals surface area contributed by atoms with Crippen LogP contribution in [0.2, 0.25) is 5.02 Å². The zero-order valence-corrected chi connectivity index (χ0v) is 12.8. The van der Waals surface area contributed by atoms with Gasteiger partial charge in [0.25, 0.3) is 0 Å². The molecule has 0 saturated carbocycles. The highest BCUT2D eigenvalue weighted by Crippen LogP contribution is 2.28. The maximum atomic E-state index is 13.8. The number of halogens is 3. The molecule has 0 spiro atoms. The van der Waals surface area contributed by atoms with Gasteiger partial charge >= 0.3 is 0 Å². The molecule has 0 aliphatic heterocycles. The highest BCUT2D eigenvalue weighted by atomic mass is 79.9. The van der Waals surface area contributed by atoms with Crippen LogP contribution in [0, 0.1) is 19.7 Å². The molecule has 0 unspecified atom stereocenters. The fourth-order valence-electron chi connectivity index (χ4n) is 1.80. The molecule has 0 heterocycles. The van der Waals surface area contributed by atoms with E-state index >= 15 is 0 Å². The second-order valence-corrected chi connectivity index (χ2v) is 5.60. The van der Waals surface area contributed by atoms with Crippen molar-refractivity contribution in [3.63, 3.8) is 0 Å². The fraction of sp³-hybridized carbons (Fsp3) is 0.133. The van der Waals surface area contributed by atoms with Crippen LogP contribution < -0.4 is 0 Å². The van der Waals surface area contributed by atoms with Crippen molar-refractivity contribution < 1.29 is 9.18 Å². The van der Waals surface area contributed by atoms with E-state index in [4.69, 9.17) is 11.6 Å². The fourth-order valence-corrected chi connectivity index (χ4v) is 2.63. The van der Waals surface area contributed by atoms with Gasteiger partial charge in [0.15, 0.2) is 5.78 Å². The topological polar surface area (TPSA) is 17.1 Å². The second-order valence-electron chi connectivity index (χ2n) is 4.34. The van der Waals surface area contributed by atoms with E-state index in [-0.39, 0.29) is 5.56 Å². The Morgan fingerprint density at radius 2 is 1.84 bits per heavy atom. The van der Waals surface area contributed by atoms with Crippen LogP contribution in [0.3, 0.4) is 0 Å². The molecular formula is C15H11BrClFO. The van der Waals surface area contributed by atoms with Gasteiger partial charge in [-0.2, -0.15) is 0 Å². The van der Waals surface area contributed by atoms with Gasteiger partial charge < -0.3 is 0 Å². The first kappa shape index (κ1) is 14.2. The molecule has 0 bridgehead atoms. The van der Waals surface area contributed by atoms with E-state index in [0.29, 0.717) is 15.1 Å². The molecule has 2 rings (SSSR count). The molecule has 0 amide bonds. The lowest BCUT2D eigenvalue weighted by molar-refractivity contribution is 0.103. The van der Waals surface area contributed by atoms with Crippen LogP contribution in [0.15, 0.2) is 34.8 Å². The number of ketones is 1. The lowest BCUT2D eigenvalue weighted by atomic mass is 9.99. The minimum absolute atomic E-state index is 0.00709. The molecule has 2 aromatic rings. The molecule has 0 aliphatic rings. The Hall–Kier alpha value is -1.19. The summed E-state index contributed by atoms with van der Waals surface area (Å²) in [4.78, 5) is 12.4. The van der Waals surface area contributed by atoms with Crippen molar-refractivity contribution >= 4 is 33.3 Å². The average Bonchev–Trinajstić information content (AvgIpc) is 2.33. The van der Waals surface area contributed by atoms with E-state index < -0.39 is 11.6 Å². The van der Waals surface area contributed by atoms with Crippen molar-refractivity contribution in [1.29, 1.82) is 0 Å². The first-order valence-corrected chi connectivity index (χ1v) is 6.84. The summed E-state index contributed by atoms with van der Waals surface area (Å²) in [5.74, 6) is -0.980. The van der Waals surface area contributed by atoms with Gasteiger partial charge in [-0.3, -0.25) is 4.79 Å². The maximum absolute atomic E-state index is 13.8. The predicted molar refractivity (Wildman–Crippen MR) is 78.5 cm³/mol. The molecule has 0 saturated heterocycles. The van der Waals surface area contributed by atoms with Gasteiger partial charge in [0.2, 0.25) is 0 Å². The van der Waals surface area contributed by atoms with E-state index in [1.807, 2.05) is 13.8 Å². The zero-order valence-electron chi connectivity index (χ0n) is 10.4. The molecule has 0 N–H and O–H groups in total. The summed E-state index contributed by atoms with van der Waals surface area (Å²) in [7, 11) is 0. The van der Waals surface area contributed by atoms with Crippen LogP contribution in [0.5, 0.6) is 0 Å². The average molecular weight is 342 g/mol. The molecular weight excluding hydrogens is 331 g/mol. The van der Waals surface area contributed by atoms with Crippen molar-refractivity contribution in [2.24, 2.45) is 0 Å². The third-order valence-electron chi connectivity index (χ3n) is 3.02. The van der Waals surface area contributed by atoms with Gasteiger partial charge in [0.05, 0.1) is 10.6 Å². The largest absolute Gasteiger partial charge is 0.288 e. The normalized spacial score (nSPS) is 10.6. The second kappa shape index (κ2) is 5.43. The van der Waals surface area contributed by atoms with Crippen LogP contribution in [-0.2, 0) is 0 Å². The van der Waals surface area contributed by atoms with E-state index in [1.165, 1.54) is 12.1 Å². The highest BCUT2D eigenvalue weighted by molar-refractivity contribution is 9.10. The number of aryl methyl sites for hydroxylation is 2. The van der Waals surface area contributed by atoms with Crippen LogP contribution in [-0.4, -0.2) is 5.78 Å². The monoisotopic (exact) mass is 340 g/mol. The standard InChI is InChI=1S/C15H11BrClFO/c1-8-6-10(12(17)7-9(8)2)15(19)14-11(16)4-3-5-13(14)18/h3-7H,1-2H3. The quantitative estimate of drug-likeness (QED) is 0.695. The van der Waals surface area contributed by atoms with Gasteiger partial charge in [-0.25, -0.2) is 4.39 Å². The lowest BCUT2D eigenvalue weighted by Gasteiger charge is -2.09. The van der Waals surface area contributed by atoms with Crippen LogP contribution in [0.1, 0.15) is 27.0 Å². The smallest absolute Gasteiger partial charge is 0.198 e. The Morgan fingerprint density at radius 3 is 2.47 bits per heavy atom. The van der Waals surface area contributed by atoms with Crippen molar-refractivity contribution in [2.45, 2.75) is 13.8 Å². The third-order valence-corrected chi connectivity index (χ3v) is 3.99. The van der Waals surface area contributed by atoms with Crippen molar-refractivity contribution in [3.8, 4) is 0 Å². The van der Waals surface area contributed by atoms with E-state index in [2.05, 4.69) is 15.9 Å². The Balaban J connectivity index is 2.60. The molecule has 2 aromatic carbocycles. The Morgan fingerprint density at radius 1 is 1.21 bits per heavy atom. The molecule has 0 radical (unpaired) electrons. The maximum Gasteiger partial charge on any atom is 0.198 e. The number of carbonyl (C=O) groups excluding carboxylic acids is 1. The third kappa shape index (κ3) is 2.72. The molecule has 0 aromatic heterocycles. The van der Waals surface area contributed by atoms with Crippen molar-refractivity contribution in [1.82, 2.24) is 0 Å². The zero-order chi connectivity index (χ0) is 14.2. The molecule has 0 fully saturated rings. The van der Waals surface area contributed by atoms with Crippen molar-refractivity contribution in [3.05, 3.63) is 67.9 Å². The Bertz CT molecular complexity index is 647. The summed E-state index contributed by atoms with van der Waals surface area (Å²) in [5.41, 5.74) is 2.26. The molecule has 19 heavy (non-hydrogen) atoms. The number of hydrogen-bond donors (Lipinski definition) is 0. The van der Waals surface area contributed by atoms with E-state index in [0.717, 1.165) is 11.1 Å². The molecule has 4 heteroatoms. The Labute approximate surface area is 124 Å². The minimum atomic E-state index is -0.561. The number of carbonyl (C=O) groups is 1. The summed E-state index contributed by atoms with van der Waals surface area (Å²) in [6, 6.07) is 7.84. The molecule has 0 atom stereocenters. The van der Waals surface area contributed by atoms with Crippen LogP contribution >= 0.6 is 27.5 Å². The summed E-state index contributed by atoms with van der Waals surface area (Å²) in [6.07, 6.45) is 0. The minimum Gasteiger partial charge on any atom is -0.288 e. The predicted octanol–water partition coefficient (Wildman–Crippen LogP) is 5.09. The molecule has 1 nitrogen and oxygen atoms in total. The van der Waals surface area contributed by atoms with Crippen LogP contribution in [0.4, 0.5) is 4.39 Å². The number of rotatable bonds is 2. The first-order valence-electron chi connectivity index (χ1n) is 5.67. The summed E-state index contributed by atoms with van der Waals surface area (Å²) in [6.45, 7) is 3.80. The van der Waals surface area contributed by atoms with Gasteiger partial charge in [-0.05, 0) is 65.2 Å². The van der Waals surface area contributed by atoms with E-state index in [9.17, 15) is 9.18 Å². The van der Waals surface area contributed by atoms with Gasteiger partial charge in [0, 0.05) is 10.0 Å². The van der Waals surface area contributed by atoms with Gasteiger partial charge in [0.1, 0.15) is 5.82 Å². The highest BCUT2D eigenvalue weighted by Gasteiger charge is 2.20. The number of hydrogen-bond acceptors (Lipinski definition) is 1. The SMILES string of the molecule is Cc1cc(Cl)c(C(=O)c2c(F)cccc2Br)cc1C. The molecule has 98 valence electrons. The summed E-state index contributed by atoms with van der Waals surface area (Å²) >= 11 is 9.29. The summed E-state index contributed by atoms with van der Waals surface area (Å²) in [5, 5.41) is 0.336. The van der Waals surface area contributed by atoms with E-state index in [1.54, 1.807) is 18.2 Å². The van der Waals surface area contributed by atoms with Gasteiger partial charge in [-0.1, -0.05) is 17.7 Å². The number of benzene rings is 2.